The van der Waals surface area contributed by atoms with E-state index in [0.717, 1.165) is 13.1 Å². The molecule has 0 amide bonds. The Labute approximate surface area is 91.9 Å². The normalized spacial score (nSPS) is 26.0. The predicted octanol–water partition coefficient (Wildman–Crippen LogP) is 2.15. The molecule has 1 aliphatic rings. The summed E-state index contributed by atoms with van der Waals surface area (Å²) in [5.74, 6) is 0.670. The van der Waals surface area contributed by atoms with Crippen LogP contribution < -0.4 is 5.32 Å². The molecular weight excluding hydrogens is 186 g/mol. The SMILES string of the molecule is CCCn1cncc1C1CCNC1CC. The smallest absolute Gasteiger partial charge is 0.0948 e. The van der Waals surface area contributed by atoms with Crippen LogP contribution in [0, 0.1) is 0 Å². The molecular formula is C12H21N3. The molecule has 0 bridgehead atoms. The number of nitrogens with zero attached hydrogens (tertiary/aromatic N) is 2. The van der Waals surface area contributed by atoms with Crippen LogP contribution >= 0.6 is 0 Å². The van der Waals surface area contributed by atoms with Gasteiger partial charge in [-0.3, -0.25) is 0 Å². The molecule has 2 unspecified atom stereocenters. The largest absolute Gasteiger partial charge is 0.334 e. The first-order valence-electron chi connectivity index (χ1n) is 6.10. The Morgan fingerprint density at radius 1 is 1.53 bits per heavy atom. The molecule has 1 aromatic heterocycles. The number of hydrogen-bond acceptors (Lipinski definition) is 2. The number of imidazole rings is 1. The van der Waals surface area contributed by atoms with Gasteiger partial charge in [-0.15, -0.1) is 0 Å². The van der Waals surface area contributed by atoms with Gasteiger partial charge in [0.15, 0.2) is 0 Å². The zero-order chi connectivity index (χ0) is 10.7. The van der Waals surface area contributed by atoms with Crippen LogP contribution in [0.2, 0.25) is 0 Å². The highest BCUT2D eigenvalue weighted by molar-refractivity contribution is 5.12. The lowest BCUT2D eigenvalue weighted by Gasteiger charge is -2.19. The van der Waals surface area contributed by atoms with Gasteiger partial charge in [-0.2, -0.15) is 0 Å². The lowest BCUT2D eigenvalue weighted by molar-refractivity contribution is 0.499. The molecule has 0 radical (unpaired) electrons. The third-order valence-electron chi connectivity index (χ3n) is 3.38. The topological polar surface area (TPSA) is 29.9 Å². The minimum Gasteiger partial charge on any atom is -0.334 e. The van der Waals surface area contributed by atoms with E-state index in [4.69, 9.17) is 0 Å². The van der Waals surface area contributed by atoms with Gasteiger partial charge in [0.25, 0.3) is 0 Å². The van der Waals surface area contributed by atoms with Crippen molar-refractivity contribution in [1.29, 1.82) is 0 Å². The first kappa shape index (κ1) is 10.7. The molecule has 0 saturated carbocycles. The third-order valence-corrected chi connectivity index (χ3v) is 3.38. The monoisotopic (exact) mass is 207 g/mol. The number of rotatable bonds is 4. The molecule has 3 nitrogen and oxygen atoms in total. The summed E-state index contributed by atoms with van der Waals surface area (Å²) in [7, 11) is 0. The Morgan fingerprint density at radius 3 is 3.13 bits per heavy atom. The maximum absolute atomic E-state index is 4.29. The van der Waals surface area contributed by atoms with E-state index in [1.165, 1.54) is 25.0 Å². The molecule has 0 aliphatic carbocycles. The first-order chi connectivity index (χ1) is 7.36. The summed E-state index contributed by atoms with van der Waals surface area (Å²) in [4.78, 5) is 4.29. The van der Waals surface area contributed by atoms with Crippen LogP contribution in [0.25, 0.3) is 0 Å². The summed E-state index contributed by atoms with van der Waals surface area (Å²) in [5.41, 5.74) is 1.42. The molecule has 2 rings (SSSR count). The highest BCUT2D eigenvalue weighted by Gasteiger charge is 2.28. The zero-order valence-electron chi connectivity index (χ0n) is 9.74. The first-order valence-corrected chi connectivity index (χ1v) is 6.10. The molecule has 2 heterocycles. The van der Waals surface area contributed by atoms with Crippen molar-refractivity contribution < 1.29 is 0 Å². The molecule has 1 aromatic rings. The van der Waals surface area contributed by atoms with Crippen molar-refractivity contribution >= 4 is 0 Å². The number of aryl methyl sites for hydroxylation is 1. The van der Waals surface area contributed by atoms with Gasteiger partial charge in [-0.25, -0.2) is 4.98 Å². The van der Waals surface area contributed by atoms with E-state index in [9.17, 15) is 0 Å². The number of hydrogen-bond donors (Lipinski definition) is 1. The van der Waals surface area contributed by atoms with E-state index < -0.39 is 0 Å². The van der Waals surface area contributed by atoms with Crippen LogP contribution in [-0.4, -0.2) is 22.1 Å². The lowest BCUT2D eigenvalue weighted by Crippen LogP contribution is -2.25. The van der Waals surface area contributed by atoms with E-state index >= 15 is 0 Å². The van der Waals surface area contributed by atoms with E-state index in [0.29, 0.717) is 12.0 Å². The van der Waals surface area contributed by atoms with E-state index in [1.807, 2.05) is 6.33 Å². The van der Waals surface area contributed by atoms with Crippen LogP contribution in [0.1, 0.15) is 44.7 Å². The molecule has 1 saturated heterocycles. The summed E-state index contributed by atoms with van der Waals surface area (Å²) in [6.45, 7) is 6.73. The third kappa shape index (κ3) is 2.07. The van der Waals surface area contributed by atoms with E-state index in [2.05, 4.69) is 34.9 Å². The van der Waals surface area contributed by atoms with E-state index in [1.54, 1.807) is 0 Å². The maximum Gasteiger partial charge on any atom is 0.0948 e. The van der Waals surface area contributed by atoms with Crippen LogP contribution in [0.15, 0.2) is 12.5 Å². The van der Waals surface area contributed by atoms with Crippen molar-refractivity contribution in [1.82, 2.24) is 14.9 Å². The van der Waals surface area contributed by atoms with Crippen LogP contribution in [0.4, 0.5) is 0 Å². The number of nitrogens with one attached hydrogen (secondary N) is 1. The fraction of sp³-hybridized carbons (Fsp3) is 0.750. The van der Waals surface area contributed by atoms with Gasteiger partial charge in [0.05, 0.1) is 6.33 Å². The molecule has 2 atom stereocenters. The molecule has 84 valence electrons. The number of aromatic nitrogens is 2. The average molecular weight is 207 g/mol. The molecule has 15 heavy (non-hydrogen) atoms. The zero-order valence-corrected chi connectivity index (χ0v) is 9.74. The average Bonchev–Trinajstić information content (AvgIpc) is 2.84. The molecule has 0 aromatic carbocycles. The Balaban J connectivity index is 2.16. The summed E-state index contributed by atoms with van der Waals surface area (Å²) in [5, 5.41) is 3.57. The van der Waals surface area contributed by atoms with Crippen LogP contribution in [0.3, 0.4) is 0 Å². The predicted molar refractivity (Wildman–Crippen MR) is 62.0 cm³/mol. The van der Waals surface area contributed by atoms with Crippen LogP contribution in [-0.2, 0) is 6.54 Å². The quantitative estimate of drug-likeness (QED) is 0.820. The highest BCUT2D eigenvalue weighted by Crippen LogP contribution is 2.29. The Morgan fingerprint density at radius 2 is 2.40 bits per heavy atom. The molecule has 1 aliphatic heterocycles. The second kappa shape index (κ2) is 4.79. The van der Waals surface area contributed by atoms with E-state index in [-0.39, 0.29) is 0 Å². The summed E-state index contributed by atoms with van der Waals surface area (Å²) < 4.78 is 2.32. The summed E-state index contributed by atoms with van der Waals surface area (Å²) in [6.07, 6.45) is 7.68. The van der Waals surface area contributed by atoms with Gasteiger partial charge in [0.2, 0.25) is 0 Å². The van der Waals surface area contributed by atoms with Crippen LogP contribution in [0.5, 0.6) is 0 Å². The van der Waals surface area contributed by atoms with Crippen molar-refractivity contribution in [3.05, 3.63) is 18.2 Å². The van der Waals surface area contributed by atoms with Crippen molar-refractivity contribution in [3.63, 3.8) is 0 Å². The maximum atomic E-state index is 4.29. The van der Waals surface area contributed by atoms with Gasteiger partial charge in [0, 0.05) is 30.4 Å². The summed E-state index contributed by atoms with van der Waals surface area (Å²) >= 11 is 0. The Bertz CT molecular complexity index is 306. The molecule has 1 N–H and O–H groups in total. The van der Waals surface area contributed by atoms with Crippen molar-refractivity contribution in [2.75, 3.05) is 6.54 Å². The van der Waals surface area contributed by atoms with Gasteiger partial charge in [-0.05, 0) is 25.8 Å². The lowest BCUT2D eigenvalue weighted by atomic mass is 9.95. The van der Waals surface area contributed by atoms with Crippen molar-refractivity contribution in [3.8, 4) is 0 Å². The summed E-state index contributed by atoms with van der Waals surface area (Å²) in [6, 6.07) is 0.650. The second-order valence-corrected chi connectivity index (χ2v) is 4.38. The van der Waals surface area contributed by atoms with Gasteiger partial charge < -0.3 is 9.88 Å². The fourth-order valence-electron chi connectivity index (χ4n) is 2.62. The molecule has 1 fully saturated rings. The van der Waals surface area contributed by atoms with Gasteiger partial charge >= 0.3 is 0 Å². The van der Waals surface area contributed by atoms with Crippen molar-refractivity contribution in [2.45, 2.75) is 51.6 Å². The second-order valence-electron chi connectivity index (χ2n) is 4.38. The Hall–Kier alpha value is -0.830. The molecule has 0 spiro atoms. The highest BCUT2D eigenvalue weighted by atomic mass is 15.1. The minimum atomic E-state index is 0.650. The standard InChI is InChI=1S/C12H21N3/c1-3-7-15-9-13-8-12(15)10-5-6-14-11(10)4-2/h8-11,14H,3-7H2,1-2H3. The Kier molecular flexibility index (Phi) is 3.41. The molecule has 3 heteroatoms. The van der Waals surface area contributed by atoms with Gasteiger partial charge in [-0.1, -0.05) is 13.8 Å². The van der Waals surface area contributed by atoms with Gasteiger partial charge in [0.1, 0.15) is 0 Å². The minimum absolute atomic E-state index is 0.650. The van der Waals surface area contributed by atoms with Crippen molar-refractivity contribution in [2.24, 2.45) is 0 Å². The fourth-order valence-corrected chi connectivity index (χ4v) is 2.62.